The molecule has 0 saturated carbocycles. The molecule has 6 heteroatoms. The van der Waals surface area contributed by atoms with Crippen molar-refractivity contribution in [2.24, 2.45) is 0 Å². The zero-order chi connectivity index (χ0) is 13.8. The molecule has 1 saturated heterocycles. The summed E-state index contributed by atoms with van der Waals surface area (Å²) in [6.07, 6.45) is 2.84. The molecule has 1 amide bonds. The van der Waals surface area contributed by atoms with Crippen molar-refractivity contribution in [1.82, 2.24) is 5.32 Å². The van der Waals surface area contributed by atoms with E-state index in [0.29, 0.717) is 6.61 Å². The van der Waals surface area contributed by atoms with E-state index in [1.807, 2.05) is 0 Å². The van der Waals surface area contributed by atoms with Crippen LogP contribution in [0.4, 0.5) is 8.78 Å². The van der Waals surface area contributed by atoms with Crippen LogP contribution in [0.3, 0.4) is 0 Å². The Kier molecular flexibility index (Phi) is 4.87. The van der Waals surface area contributed by atoms with Gasteiger partial charge in [0.2, 0.25) is 0 Å². The van der Waals surface area contributed by atoms with Crippen LogP contribution >= 0.6 is 15.9 Å². The third kappa shape index (κ3) is 3.73. The molecule has 104 valence electrons. The first-order valence-corrected chi connectivity index (χ1v) is 6.91. The Hall–Kier alpha value is -1.01. The number of carbonyl (C=O) groups excluding carboxylic acids is 1. The number of benzene rings is 1. The zero-order valence-electron chi connectivity index (χ0n) is 10.2. The highest BCUT2D eigenvalue weighted by atomic mass is 79.9. The number of nitrogens with one attached hydrogen (secondary N) is 1. The summed E-state index contributed by atoms with van der Waals surface area (Å²) in [6.45, 7) is 0.940. The number of carbonyl (C=O) groups is 1. The lowest BCUT2D eigenvalue weighted by Crippen LogP contribution is -2.36. The lowest BCUT2D eigenvalue weighted by molar-refractivity contribution is 0.0168. The molecule has 1 atom stereocenters. The molecule has 2 rings (SSSR count). The molecule has 1 heterocycles. The number of rotatable bonds is 3. The first kappa shape index (κ1) is 14.4. The Bertz CT molecular complexity index is 453. The minimum Gasteiger partial charge on any atom is -0.376 e. The highest BCUT2D eigenvalue weighted by molar-refractivity contribution is 9.10. The molecule has 1 aliphatic heterocycles. The van der Waals surface area contributed by atoms with Crippen molar-refractivity contribution in [3.63, 3.8) is 0 Å². The van der Waals surface area contributed by atoms with Crippen LogP contribution in [0.1, 0.15) is 29.6 Å². The molecular weight excluding hydrogens is 320 g/mol. The van der Waals surface area contributed by atoms with E-state index in [1.165, 1.54) is 0 Å². The highest BCUT2D eigenvalue weighted by Crippen LogP contribution is 2.19. The maximum atomic E-state index is 13.6. The molecule has 1 aromatic carbocycles. The Morgan fingerprint density at radius 1 is 1.37 bits per heavy atom. The second-order valence-corrected chi connectivity index (χ2v) is 5.36. The van der Waals surface area contributed by atoms with E-state index in [4.69, 9.17) is 4.74 Å². The maximum absolute atomic E-state index is 13.6. The number of halogens is 3. The number of ether oxygens (including phenoxy) is 1. The van der Waals surface area contributed by atoms with E-state index in [2.05, 4.69) is 21.2 Å². The van der Waals surface area contributed by atoms with Crippen LogP contribution in [-0.2, 0) is 4.74 Å². The number of amides is 1. The van der Waals surface area contributed by atoms with Crippen molar-refractivity contribution in [2.45, 2.75) is 25.4 Å². The second kappa shape index (κ2) is 6.43. The average molecular weight is 334 g/mol. The molecule has 1 fully saturated rings. The zero-order valence-corrected chi connectivity index (χ0v) is 11.8. The summed E-state index contributed by atoms with van der Waals surface area (Å²) in [5, 5.41) is 2.51. The summed E-state index contributed by atoms with van der Waals surface area (Å²) in [7, 11) is 0. The molecule has 19 heavy (non-hydrogen) atoms. The van der Waals surface area contributed by atoms with E-state index in [0.717, 1.165) is 31.4 Å². The van der Waals surface area contributed by atoms with Gasteiger partial charge in [-0.25, -0.2) is 8.78 Å². The molecule has 1 aliphatic rings. The fraction of sp³-hybridized carbons (Fsp3) is 0.462. The monoisotopic (exact) mass is 333 g/mol. The van der Waals surface area contributed by atoms with Gasteiger partial charge in [0, 0.05) is 17.6 Å². The van der Waals surface area contributed by atoms with Crippen LogP contribution in [0.2, 0.25) is 0 Å². The Morgan fingerprint density at radius 2 is 2.05 bits per heavy atom. The molecular formula is C13H14BrF2NO2. The van der Waals surface area contributed by atoms with Gasteiger partial charge in [-0.3, -0.25) is 4.79 Å². The van der Waals surface area contributed by atoms with E-state index < -0.39 is 23.1 Å². The first-order valence-electron chi connectivity index (χ1n) is 6.12. The van der Waals surface area contributed by atoms with Gasteiger partial charge in [0.25, 0.3) is 5.91 Å². The van der Waals surface area contributed by atoms with E-state index >= 15 is 0 Å². The smallest absolute Gasteiger partial charge is 0.257 e. The predicted molar refractivity (Wildman–Crippen MR) is 70.0 cm³/mol. The topological polar surface area (TPSA) is 38.3 Å². The van der Waals surface area contributed by atoms with Gasteiger partial charge in [0.15, 0.2) is 0 Å². The van der Waals surface area contributed by atoms with Gasteiger partial charge in [-0.1, -0.05) is 15.9 Å². The van der Waals surface area contributed by atoms with Crippen molar-refractivity contribution < 1.29 is 18.3 Å². The van der Waals surface area contributed by atoms with E-state index in [-0.39, 0.29) is 17.1 Å². The maximum Gasteiger partial charge on any atom is 0.257 e. The van der Waals surface area contributed by atoms with Gasteiger partial charge in [0.05, 0.1) is 6.10 Å². The van der Waals surface area contributed by atoms with Gasteiger partial charge in [-0.05, 0) is 31.4 Å². The first-order chi connectivity index (χ1) is 9.08. The van der Waals surface area contributed by atoms with Crippen LogP contribution in [0, 0.1) is 11.6 Å². The fourth-order valence-electron chi connectivity index (χ4n) is 2.02. The summed E-state index contributed by atoms with van der Waals surface area (Å²) in [5.74, 6) is -2.51. The Morgan fingerprint density at radius 3 is 2.63 bits per heavy atom. The van der Waals surface area contributed by atoms with Gasteiger partial charge < -0.3 is 10.1 Å². The summed E-state index contributed by atoms with van der Waals surface area (Å²) in [5.41, 5.74) is -0.556. The minimum absolute atomic E-state index is 0.0701. The molecule has 0 radical (unpaired) electrons. The van der Waals surface area contributed by atoms with Crippen molar-refractivity contribution in [3.8, 4) is 0 Å². The van der Waals surface area contributed by atoms with Crippen molar-refractivity contribution in [1.29, 1.82) is 0 Å². The van der Waals surface area contributed by atoms with E-state index in [1.54, 1.807) is 0 Å². The SMILES string of the molecule is O=C(NCC1CCCCO1)c1c(F)cc(Br)cc1F. The molecule has 1 N–H and O–H groups in total. The van der Waals surface area contributed by atoms with Gasteiger partial charge in [0.1, 0.15) is 17.2 Å². The third-order valence-electron chi connectivity index (χ3n) is 3.00. The molecule has 0 bridgehead atoms. The Balaban J connectivity index is 1.99. The Labute approximate surface area is 118 Å². The molecule has 0 aliphatic carbocycles. The quantitative estimate of drug-likeness (QED) is 0.923. The van der Waals surface area contributed by atoms with Crippen molar-refractivity contribution >= 4 is 21.8 Å². The third-order valence-corrected chi connectivity index (χ3v) is 3.46. The lowest BCUT2D eigenvalue weighted by Gasteiger charge is -2.22. The fourth-order valence-corrected chi connectivity index (χ4v) is 2.42. The predicted octanol–water partition coefficient (Wildman–Crippen LogP) is 3.03. The average Bonchev–Trinajstić information content (AvgIpc) is 2.36. The van der Waals surface area contributed by atoms with E-state index in [9.17, 15) is 13.6 Å². The summed E-state index contributed by atoms with van der Waals surface area (Å²) in [6, 6.07) is 2.13. The number of hydrogen-bond acceptors (Lipinski definition) is 2. The van der Waals surface area contributed by atoms with Crippen LogP contribution in [-0.4, -0.2) is 25.2 Å². The van der Waals surface area contributed by atoms with Crippen LogP contribution in [0.25, 0.3) is 0 Å². The number of hydrogen-bond donors (Lipinski definition) is 1. The summed E-state index contributed by atoms with van der Waals surface area (Å²) < 4.78 is 32.8. The van der Waals surface area contributed by atoms with Crippen molar-refractivity contribution in [2.75, 3.05) is 13.2 Å². The standard InChI is InChI=1S/C13H14BrF2NO2/c14-8-5-10(15)12(11(16)6-8)13(18)17-7-9-3-1-2-4-19-9/h5-6,9H,1-4,7H2,(H,17,18). The molecule has 3 nitrogen and oxygen atoms in total. The lowest BCUT2D eigenvalue weighted by atomic mass is 10.1. The normalized spacial score (nSPS) is 19.2. The van der Waals surface area contributed by atoms with Crippen LogP contribution in [0.5, 0.6) is 0 Å². The largest absolute Gasteiger partial charge is 0.376 e. The summed E-state index contributed by atoms with van der Waals surface area (Å²) in [4.78, 5) is 11.8. The van der Waals surface area contributed by atoms with Gasteiger partial charge in [-0.2, -0.15) is 0 Å². The van der Waals surface area contributed by atoms with Gasteiger partial charge >= 0.3 is 0 Å². The minimum atomic E-state index is -0.881. The second-order valence-electron chi connectivity index (χ2n) is 4.44. The van der Waals surface area contributed by atoms with Gasteiger partial charge in [-0.15, -0.1) is 0 Å². The molecule has 0 spiro atoms. The molecule has 0 aromatic heterocycles. The van der Waals surface area contributed by atoms with Crippen molar-refractivity contribution in [3.05, 3.63) is 33.8 Å². The van der Waals surface area contributed by atoms with Crippen LogP contribution in [0.15, 0.2) is 16.6 Å². The summed E-state index contributed by atoms with van der Waals surface area (Å²) >= 11 is 2.97. The molecule has 1 unspecified atom stereocenters. The molecule has 1 aromatic rings. The highest BCUT2D eigenvalue weighted by Gasteiger charge is 2.20. The van der Waals surface area contributed by atoms with Crippen LogP contribution < -0.4 is 5.32 Å².